The van der Waals surface area contributed by atoms with E-state index in [1.165, 1.54) is 23.9 Å². The van der Waals surface area contributed by atoms with Crippen molar-refractivity contribution >= 4 is 33.2 Å². The maximum Gasteiger partial charge on any atom is 0.234 e. The van der Waals surface area contributed by atoms with Crippen LogP contribution >= 0.6 is 11.8 Å². The monoisotopic (exact) mass is 442 g/mol. The number of benzene rings is 2. The van der Waals surface area contributed by atoms with Crippen molar-refractivity contribution in [1.82, 2.24) is 14.8 Å². The summed E-state index contributed by atoms with van der Waals surface area (Å²) in [7, 11) is -3.33. The molecule has 7 nitrogen and oxygen atoms in total. The Kier molecular flexibility index (Phi) is 5.92. The van der Waals surface area contributed by atoms with Crippen molar-refractivity contribution in [3.63, 3.8) is 0 Å². The molecule has 30 heavy (non-hydrogen) atoms. The molecule has 0 bridgehead atoms. The Balaban J connectivity index is 1.44. The number of nitrogens with one attached hydrogen (secondary N) is 1. The number of sulfone groups is 1. The highest BCUT2D eigenvalue weighted by molar-refractivity contribution is 7.99. The van der Waals surface area contributed by atoms with Gasteiger partial charge in [0.2, 0.25) is 5.91 Å². The Hall–Kier alpha value is -2.65. The second-order valence-electron chi connectivity index (χ2n) is 7.32. The third-order valence-corrected chi connectivity index (χ3v) is 6.83. The summed E-state index contributed by atoms with van der Waals surface area (Å²) in [5.41, 5.74) is 1.61. The van der Waals surface area contributed by atoms with Gasteiger partial charge in [0, 0.05) is 17.9 Å². The molecule has 156 valence electrons. The molecular weight excluding hydrogens is 420 g/mol. The summed E-state index contributed by atoms with van der Waals surface area (Å²) in [6, 6.07) is 16.3. The van der Waals surface area contributed by atoms with E-state index in [1.807, 2.05) is 18.2 Å². The second kappa shape index (κ2) is 8.61. The van der Waals surface area contributed by atoms with E-state index in [4.69, 9.17) is 0 Å². The lowest BCUT2D eigenvalue weighted by atomic mass is 10.2. The molecule has 9 heteroatoms. The lowest BCUT2D eigenvalue weighted by Gasteiger charge is -2.10. The van der Waals surface area contributed by atoms with Crippen molar-refractivity contribution in [2.45, 2.75) is 35.4 Å². The fourth-order valence-electron chi connectivity index (χ4n) is 3.10. The average molecular weight is 443 g/mol. The van der Waals surface area contributed by atoms with Gasteiger partial charge in [-0.15, -0.1) is 10.2 Å². The molecule has 1 fully saturated rings. The molecule has 3 aromatic rings. The van der Waals surface area contributed by atoms with Crippen LogP contribution in [0.4, 0.5) is 5.69 Å². The molecule has 0 saturated heterocycles. The van der Waals surface area contributed by atoms with Crippen molar-refractivity contribution in [2.24, 2.45) is 0 Å². The summed E-state index contributed by atoms with van der Waals surface area (Å²) >= 11 is 1.33. The number of carbonyl (C=O) groups is 1. The molecule has 1 aliphatic rings. The zero-order valence-electron chi connectivity index (χ0n) is 16.5. The molecular formula is C21H22N4O3S2. The van der Waals surface area contributed by atoms with Gasteiger partial charge in [-0.2, -0.15) is 0 Å². The minimum Gasteiger partial charge on any atom is -0.325 e. The van der Waals surface area contributed by atoms with E-state index in [9.17, 15) is 13.2 Å². The molecule has 1 N–H and O–H groups in total. The molecule has 1 amide bonds. The highest BCUT2D eigenvalue weighted by atomic mass is 32.2. The highest BCUT2D eigenvalue weighted by Gasteiger charge is 2.30. The van der Waals surface area contributed by atoms with Gasteiger partial charge in [0.05, 0.1) is 17.2 Å². The molecule has 0 atom stereocenters. The van der Waals surface area contributed by atoms with Crippen LogP contribution < -0.4 is 5.32 Å². The first-order chi connectivity index (χ1) is 14.4. The van der Waals surface area contributed by atoms with Crippen molar-refractivity contribution in [3.8, 4) is 0 Å². The molecule has 0 radical (unpaired) electrons. The average Bonchev–Trinajstić information content (AvgIpc) is 3.49. The maximum atomic E-state index is 12.4. The Labute approximate surface area is 179 Å². The summed E-state index contributed by atoms with van der Waals surface area (Å²) in [5, 5.41) is 12.1. The van der Waals surface area contributed by atoms with E-state index in [0.29, 0.717) is 23.3 Å². The summed E-state index contributed by atoms with van der Waals surface area (Å²) in [5.74, 6) is 1.35. The first-order valence-corrected chi connectivity index (χ1v) is 12.5. The highest BCUT2D eigenvalue weighted by Crippen LogP contribution is 2.40. The number of rotatable bonds is 8. The van der Waals surface area contributed by atoms with E-state index >= 15 is 0 Å². The van der Waals surface area contributed by atoms with Gasteiger partial charge >= 0.3 is 0 Å². The van der Waals surface area contributed by atoms with Crippen LogP contribution in [-0.4, -0.2) is 41.1 Å². The molecule has 1 aromatic heterocycles. The Morgan fingerprint density at radius 1 is 1.13 bits per heavy atom. The number of anilines is 1. The Morgan fingerprint density at radius 2 is 1.90 bits per heavy atom. The third kappa shape index (κ3) is 5.09. The van der Waals surface area contributed by atoms with Crippen LogP contribution in [-0.2, 0) is 21.2 Å². The summed E-state index contributed by atoms with van der Waals surface area (Å²) < 4.78 is 25.5. The number of carbonyl (C=O) groups excluding carboxylic acids is 1. The minimum absolute atomic E-state index is 0.153. The zero-order valence-corrected chi connectivity index (χ0v) is 18.1. The minimum atomic E-state index is -3.33. The van der Waals surface area contributed by atoms with Crippen molar-refractivity contribution in [3.05, 3.63) is 66.0 Å². The molecule has 0 aliphatic heterocycles. The van der Waals surface area contributed by atoms with Crippen LogP contribution in [0.1, 0.15) is 30.1 Å². The van der Waals surface area contributed by atoms with Crippen molar-refractivity contribution in [1.29, 1.82) is 0 Å². The molecule has 1 saturated carbocycles. The molecule has 1 heterocycles. The standard InChI is InChI=1S/C21H22N4O3S2/c1-30(27,28)18-9-5-8-17(12-18)22-19(26)14-29-21-24-23-20(16-10-11-16)25(21)13-15-6-3-2-4-7-15/h2-9,12,16H,10-11,13-14H2,1H3,(H,22,26). The molecule has 2 aromatic carbocycles. The lowest BCUT2D eigenvalue weighted by Crippen LogP contribution is -2.15. The van der Waals surface area contributed by atoms with Gasteiger partial charge < -0.3 is 9.88 Å². The normalized spacial score (nSPS) is 13.9. The Bertz CT molecular complexity index is 1160. The number of amides is 1. The molecule has 0 spiro atoms. The van der Waals surface area contributed by atoms with Crippen LogP contribution in [0.5, 0.6) is 0 Å². The van der Waals surface area contributed by atoms with E-state index in [-0.39, 0.29) is 16.6 Å². The van der Waals surface area contributed by atoms with E-state index < -0.39 is 9.84 Å². The number of nitrogens with zero attached hydrogens (tertiary/aromatic N) is 3. The fraction of sp³-hybridized carbons (Fsp3) is 0.286. The molecule has 1 aliphatic carbocycles. The quantitative estimate of drug-likeness (QED) is 0.538. The number of aromatic nitrogens is 3. The van der Waals surface area contributed by atoms with Gasteiger partial charge in [0.15, 0.2) is 15.0 Å². The SMILES string of the molecule is CS(=O)(=O)c1cccc(NC(=O)CSc2nnc(C3CC3)n2Cc2ccccc2)c1. The van der Waals surface area contributed by atoms with Crippen LogP contribution in [0, 0.1) is 0 Å². The number of hydrogen-bond acceptors (Lipinski definition) is 6. The van der Waals surface area contributed by atoms with E-state index in [2.05, 4.69) is 32.2 Å². The predicted octanol–water partition coefficient (Wildman–Crippen LogP) is 3.34. The summed E-state index contributed by atoms with van der Waals surface area (Å²) in [4.78, 5) is 12.6. The van der Waals surface area contributed by atoms with E-state index in [1.54, 1.807) is 12.1 Å². The third-order valence-electron chi connectivity index (χ3n) is 4.75. The van der Waals surface area contributed by atoms with Gasteiger partial charge in [-0.3, -0.25) is 4.79 Å². The number of thioether (sulfide) groups is 1. The van der Waals surface area contributed by atoms with Crippen LogP contribution in [0.3, 0.4) is 0 Å². The topological polar surface area (TPSA) is 93.9 Å². The van der Waals surface area contributed by atoms with Gasteiger partial charge in [-0.05, 0) is 36.6 Å². The van der Waals surface area contributed by atoms with Crippen molar-refractivity contribution in [2.75, 3.05) is 17.3 Å². The Morgan fingerprint density at radius 3 is 2.60 bits per heavy atom. The van der Waals surface area contributed by atoms with Gasteiger partial charge in [0.1, 0.15) is 5.82 Å². The first kappa shape index (κ1) is 20.6. The lowest BCUT2D eigenvalue weighted by molar-refractivity contribution is -0.113. The largest absolute Gasteiger partial charge is 0.325 e. The van der Waals surface area contributed by atoms with E-state index in [0.717, 1.165) is 30.5 Å². The van der Waals surface area contributed by atoms with Crippen LogP contribution in [0.25, 0.3) is 0 Å². The fourth-order valence-corrected chi connectivity index (χ4v) is 4.51. The van der Waals surface area contributed by atoms with Crippen molar-refractivity contribution < 1.29 is 13.2 Å². The first-order valence-electron chi connectivity index (χ1n) is 9.60. The van der Waals surface area contributed by atoms with Crippen LogP contribution in [0.2, 0.25) is 0 Å². The number of hydrogen-bond donors (Lipinski definition) is 1. The molecule has 0 unspecified atom stereocenters. The van der Waals surface area contributed by atoms with Gasteiger partial charge in [-0.1, -0.05) is 48.2 Å². The van der Waals surface area contributed by atoms with Gasteiger partial charge in [0.25, 0.3) is 0 Å². The predicted molar refractivity (Wildman–Crippen MR) is 116 cm³/mol. The zero-order chi connectivity index (χ0) is 21.1. The van der Waals surface area contributed by atoms with Crippen LogP contribution in [0.15, 0.2) is 64.6 Å². The summed E-state index contributed by atoms with van der Waals surface area (Å²) in [6.45, 7) is 0.667. The van der Waals surface area contributed by atoms with Gasteiger partial charge in [-0.25, -0.2) is 8.42 Å². The summed E-state index contributed by atoms with van der Waals surface area (Å²) in [6.07, 6.45) is 3.38. The second-order valence-corrected chi connectivity index (χ2v) is 10.3. The smallest absolute Gasteiger partial charge is 0.234 e. The maximum absolute atomic E-state index is 12.4. The molecule has 4 rings (SSSR count).